The van der Waals surface area contributed by atoms with Gasteiger partial charge in [0, 0.05) is 26.8 Å². The average molecular weight is 345 g/mol. The first-order chi connectivity index (χ1) is 9.02. The lowest BCUT2D eigenvalue weighted by Crippen LogP contribution is -2.40. The molecular formula is C15H25BrN2S. The van der Waals surface area contributed by atoms with Gasteiger partial charge in [-0.2, -0.15) is 0 Å². The van der Waals surface area contributed by atoms with E-state index < -0.39 is 0 Å². The molecule has 1 aliphatic carbocycles. The molecule has 0 bridgehead atoms. The van der Waals surface area contributed by atoms with Crippen LogP contribution in [0.1, 0.15) is 48.4 Å². The van der Waals surface area contributed by atoms with Crippen LogP contribution in [-0.4, -0.2) is 24.5 Å². The van der Waals surface area contributed by atoms with Crippen LogP contribution < -0.4 is 5.73 Å². The Morgan fingerprint density at radius 1 is 1.42 bits per heavy atom. The number of thiophene rings is 1. The number of hydrogen-bond donors (Lipinski definition) is 1. The molecule has 1 heterocycles. The lowest BCUT2D eigenvalue weighted by atomic mass is 9.86. The van der Waals surface area contributed by atoms with Gasteiger partial charge in [-0.15, -0.1) is 11.3 Å². The Bertz CT molecular complexity index is 391. The molecule has 0 amide bonds. The number of halogens is 1. The molecule has 0 aromatic carbocycles. The van der Waals surface area contributed by atoms with Crippen molar-refractivity contribution in [3.8, 4) is 0 Å². The molecule has 1 aromatic rings. The summed E-state index contributed by atoms with van der Waals surface area (Å²) >= 11 is 5.49. The van der Waals surface area contributed by atoms with E-state index in [4.69, 9.17) is 5.73 Å². The first-order valence-electron chi connectivity index (χ1n) is 7.20. The third-order valence-electron chi connectivity index (χ3n) is 4.48. The molecule has 1 atom stereocenters. The van der Waals surface area contributed by atoms with E-state index in [9.17, 15) is 0 Å². The summed E-state index contributed by atoms with van der Waals surface area (Å²) < 4.78 is 1.22. The fraction of sp³-hybridized carbons (Fsp3) is 0.733. The van der Waals surface area contributed by atoms with Crippen molar-refractivity contribution in [2.75, 3.05) is 13.6 Å². The second-order valence-corrected chi connectivity index (χ2v) is 8.03. The summed E-state index contributed by atoms with van der Waals surface area (Å²) in [7, 11) is 2.25. The molecule has 1 unspecified atom stereocenters. The van der Waals surface area contributed by atoms with E-state index in [1.165, 1.54) is 39.9 Å². The minimum atomic E-state index is 0.369. The molecule has 4 heteroatoms. The number of hydrogen-bond acceptors (Lipinski definition) is 3. The molecule has 0 spiro atoms. The zero-order chi connectivity index (χ0) is 14.0. The third-order valence-corrected chi connectivity index (χ3v) is 6.72. The lowest BCUT2D eigenvalue weighted by Gasteiger charge is -2.37. The van der Waals surface area contributed by atoms with Crippen LogP contribution in [0.4, 0.5) is 0 Å². The van der Waals surface area contributed by atoms with Gasteiger partial charge >= 0.3 is 0 Å². The van der Waals surface area contributed by atoms with Gasteiger partial charge < -0.3 is 5.73 Å². The van der Waals surface area contributed by atoms with E-state index in [1.807, 2.05) is 11.3 Å². The average Bonchev–Trinajstić information content (AvgIpc) is 2.71. The van der Waals surface area contributed by atoms with Crippen LogP contribution in [-0.2, 0) is 0 Å². The van der Waals surface area contributed by atoms with Gasteiger partial charge in [0.25, 0.3) is 0 Å². The highest BCUT2D eigenvalue weighted by atomic mass is 79.9. The second kappa shape index (κ2) is 6.70. The van der Waals surface area contributed by atoms with Crippen LogP contribution in [0.2, 0.25) is 0 Å². The van der Waals surface area contributed by atoms with Gasteiger partial charge in [0.1, 0.15) is 0 Å². The summed E-state index contributed by atoms with van der Waals surface area (Å²) in [5.41, 5.74) is 6.05. The molecule has 2 rings (SSSR count). The third kappa shape index (κ3) is 3.60. The van der Waals surface area contributed by atoms with Crippen molar-refractivity contribution in [2.45, 2.75) is 51.6 Å². The minimum absolute atomic E-state index is 0.369. The van der Waals surface area contributed by atoms with E-state index in [1.54, 1.807) is 0 Å². The Labute approximate surface area is 129 Å². The van der Waals surface area contributed by atoms with E-state index >= 15 is 0 Å². The zero-order valence-electron chi connectivity index (χ0n) is 12.2. The molecule has 1 saturated carbocycles. The summed E-state index contributed by atoms with van der Waals surface area (Å²) in [4.78, 5) is 5.26. The number of likely N-dealkylation sites (N-methyl/N-ethyl adjacent to an activating group) is 1. The molecule has 2 N–H and O–H groups in total. The monoisotopic (exact) mass is 344 g/mol. The molecule has 0 aliphatic heterocycles. The van der Waals surface area contributed by atoms with Crippen molar-refractivity contribution in [2.24, 2.45) is 11.7 Å². The minimum Gasteiger partial charge on any atom is -0.329 e. The number of nitrogens with zero attached hydrogens (tertiary/aromatic N) is 1. The van der Waals surface area contributed by atoms with Gasteiger partial charge in [0.2, 0.25) is 0 Å². The summed E-state index contributed by atoms with van der Waals surface area (Å²) in [6.07, 6.45) is 5.36. The fourth-order valence-corrected chi connectivity index (χ4v) is 4.76. The van der Waals surface area contributed by atoms with E-state index in [2.05, 4.69) is 47.8 Å². The molecule has 0 saturated heterocycles. The first-order valence-corrected chi connectivity index (χ1v) is 8.81. The summed E-state index contributed by atoms with van der Waals surface area (Å²) in [6.45, 7) is 5.24. The topological polar surface area (TPSA) is 29.3 Å². The Balaban J connectivity index is 2.08. The van der Waals surface area contributed by atoms with Crippen molar-refractivity contribution in [3.05, 3.63) is 20.3 Å². The van der Waals surface area contributed by atoms with Gasteiger partial charge in [-0.25, -0.2) is 0 Å². The molecular weight excluding hydrogens is 320 g/mol. The van der Waals surface area contributed by atoms with Gasteiger partial charge in [0.15, 0.2) is 0 Å². The van der Waals surface area contributed by atoms with Gasteiger partial charge in [0.05, 0.1) is 6.04 Å². The maximum absolute atomic E-state index is 6.05. The number of rotatable bonds is 4. The Morgan fingerprint density at radius 3 is 2.53 bits per heavy atom. The lowest BCUT2D eigenvalue weighted by molar-refractivity contribution is 0.128. The highest BCUT2D eigenvalue weighted by molar-refractivity contribution is 9.10. The van der Waals surface area contributed by atoms with E-state index in [0.29, 0.717) is 18.6 Å². The Kier molecular flexibility index (Phi) is 5.46. The molecule has 0 radical (unpaired) electrons. The second-order valence-electron chi connectivity index (χ2n) is 5.88. The molecule has 1 aromatic heterocycles. The van der Waals surface area contributed by atoms with Gasteiger partial charge in [-0.05, 0) is 67.6 Å². The largest absolute Gasteiger partial charge is 0.329 e. The molecule has 108 valence electrons. The maximum Gasteiger partial charge on any atom is 0.0564 e. The van der Waals surface area contributed by atoms with Crippen molar-refractivity contribution in [3.63, 3.8) is 0 Å². The Hall–Kier alpha value is 0.100. The molecule has 19 heavy (non-hydrogen) atoms. The van der Waals surface area contributed by atoms with Crippen molar-refractivity contribution >= 4 is 27.3 Å². The molecule has 1 aliphatic rings. The van der Waals surface area contributed by atoms with Crippen LogP contribution in [0.25, 0.3) is 0 Å². The van der Waals surface area contributed by atoms with Crippen molar-refractivity contribution in [1.82, 2.24) is 4.90 Å². The van der Waals surface area contributed by atoms with Crippen molar-refractivity contribution < 1.29 is 0 Å². The number of aryl methyl sites for hydroxylation is 1. The predicted octanol–water partition coefficient (Wildman–Crippen LogP) is 4.33. The quantitative estimate of drug-likeness (QED) is 0.880. The molecule has 2 nitrogen and oxygen atoms in total. The highest BCUT2D eigenvalue weighted by Gasteiger charge is 2.27. The van der Waals surface area contributed by atoms with Gasteiger partial charge in [-0.1, -0.05) is 6.92 Å². The van der Waals surface area contributed by atoms with Crippen LogP contribution in [0.5, 0.6) is 0 Å². The predicted molar refractivity (Wildman–Crippen MR) is 87.7 cm³/mol. The van der Waals surface area contributed by atoms with Crippen LogP contribution in [0.3, 0.4) is 0 Å². The standard InChI is InChI=1S/C15H25BrN2S/c1-10-4-6-12(7-5-10)18(3)14(9-17)15-8-13(16)11(2)19-15/h8,10,12,14H,4-7,9,17H2,1-3H3. The number of nitrogens with two attached hydrogens (primary N) is 1. The van der Waals surface area contributed by atoms with Crippen LogP contribution in [0, 0.1) is 12.8 Å². The normalized spacial score (nSPS) is 25.8. The zero-order valence-corrected chi connectivity index (χ0v) is 14.6. The highest BCUT2D eigenvalue weighted by Crippen LogP contribution is 2.36. The summed E-state index contributed by atoms with van der Waals surface area (Å²) in [5, 5.41) is 0. The smallest absolute Gasteiger partial charge is 0.0564 e. The fourth-order valence-electron chi connectivity index (χ4n) is 3.03. The maximum atomic E-state index is 6.05. The van der Waals surface area contributed by atoms with E-state index in [-0.39, 0.29) is 0 Å². The summed E-state index contributed by atoms with van der Waals surface area (Å²) in [5.74, 6) is 0.902. The summed E-state index contributed by atoms with van der Waals surface area (Å²) in [6, 6.07) is 3.32. The van der Waals surface area contributed by atoms with Gasteiger partial charge in [-0.3, -0.25) is 4.90 Å². The SMILES string of the molecule is Cc1sc(C(CN)N(C)C2CCC(C)CC2)cc1Br. The van der Waals surface area contributed by atoms with Crippen LogP contribution >= 0.6 is 27.3 Å². The van der Waals surface area contributed by atoms with Crippen molar-refractivity contribution in [1.29, 1.82) is 0 Å². The van der Waals surface area contributed by atoms with Crippen LogP contribution in [0.15, 0.2) is 10.5 Å². The Morgan fingerprint density at radius 2 is 2.05 bits per heavy atom. The van der Waals surface area contributed by atoms with E-state index in [0.717, 1.165) is 5.92 Å². The first kappa shape index (κ1) is 15.5. The molecule has 1 fully saturated rings.